The summed E-state index contributed by atoms with van der Waals surface area (Å²) in [4.78, 5) is 7.47. The van der Waals surface area contributed by atoms with Crippen LogP contribution in [0.3, 0.4) is 0 Å². The molecule has 7 aromatic carbocycles. The van der Waals surface area contributed by atoms with Gasteiger partial charge >= 0.3 is 0 Å². The van der Waals surface area contributed by atoms with Crippen LogP contribution in [-0.4, -0.2) is 13.4 Å². The number of para-hydroxylation sites is 7. The Morgan fingerprint density at radius 2 is 0.857 bits per heavy atom. The Morgan fingerprint density at radius 1 is 0.347 bits per heavy atom. The lowest BCUT2D eigenvalue weighted by atomic mass is 9.28. The highest BCUT2D eigenvalue weighted by Crippen LogP contribution is 2.61. The summed E-state index contributed by atoms with van der Waals surface area (Å²) < 4.78 is 14.1. The summed E-state index contributed by atoms with van der Waals surface area (Å²) in [5.74, 6) is 3.56. The smallest absolute Gasteiger partial charge is 0.252 e. The predicted molar refractivity (Wildman–Crippen MR) is 200 cm³/mol. The minimum Gasteiger partial charge on any atom is -0.453 e. The van der Waals surface area contributed by atoms with Crippen LogP contribution in [0.15, 0.2) is 140 Å². The van der Waals surface area contributed by atoms with Crippen molar-refractivity contribution in [2.75, 3.05) is 14.7 Å². The molecule has 0 unspecified atom stereocenters. The molecular formula is C42H23B2N3O2. The fourth-order valence-corrected chi connectivity index (χ4v) is 9.70. The second kappa shape index (κ2) is 8.38. The van der Waals surface area contributed by atoms with Gasteiger partial charge in [-0.1, -0.05) is 91.0 Å². The van der Waals surface area contributed by atoms with Crippen molar-refractivity contribution >= 4 is 97.4 Å². The molecule has 0 saturated heterocycles. The molecule has 0 fully saturated rings. The minimum atomic E-state index is -0.0173. The molecule has 6 heterocycles. The van der Waals surface area contributed by atoms with Crippen molar-refractivity contribution < 1.29 is 9.47 Å². The molecule has 224 valence electrons. The van der Waals surface area contributed by atoms with Gasteiger partial charge in [0.2, 0.25) is 0 Å². The first-order valence-electron chi connectivity index (χ1n) is 16.9. The highest BCUT2D eigenvalue weighted by Gasteiger charge is 2.56. The third kappa shape index (κ3) is 2.74. The van der Waals surface area contributed by atoms with E-state index in [0.29, 0.717) is 0 Å². The van der Waals surface area contributed by atoms with E-state index in [-0.39, 0.29) is 13.4 Å². The van der Waals surface area contributed by atoms with E-state index in [1.165, 1.54) is 44.2 Å². The topological polar surface area (TPSA) is 28.2 Å². The van der Waals surface area contributed by atoms with Crippen LogP contribution in [0.4, 0.5) is 51.2 Å². The Kier molecular flexibility index (Phi) is 4.24. The largest absolute Gasteiger partial charge is 0.453 e. The summed E-state index contributed by atoms with van der Waals surface area (Å²) in [6.07, 6.45) is 0. The van der Waals surface area contributed by atoms with Crippen molar-refractivity contribution in [3.63, 3.8) is 0 Å². The molecule has 0 bridgehead atoms. The Bertz CT molecular complexity index is 2660. The summed E-state index contributed by atoms with van der Waals surface area (Å²) >= 11 is 0. The number of ether oxygens (including phenoxy) is 2. The van der Waals surface area contributed by atoms with Crippen molar-refractivity contribution in [3.05, 3.63) is 140 Å². The van der Waals surface area contributed by atoms with Crippen LogP contribution in [0.25, 0.3) is 0 Å². The first kappa shape index (κ1) is 24.8. The maximum absolute atomic E-state index is 7.27. The minimum absolute atomic E-state index is 0.0000277. The van der Waals surface area contributed by atoms with Gasteiger partial charge in [-0.05, 0) is 81.3 Å². The SMILES string of the molecule is c1ccc(N2c3ccccc3B3c4cccc5c4N4c6c(cccc6B6c7ccccc7N7c8ccccc8Oc8c2c3c4c6c87)O5)cc1. The molecule has 0 aromatic heterocycles. The van der Waals surface area contributed by atoms with Crippen molar-refractivity contribution in [2.24, 2.45) is 0 Å². The van der Waals surface area contributed by atoms with Gasteiger partial charge in [-0.25, -0.2) is 0 Å². The van der Waals surface area contributed by atoms with Crippen LogP contribution in [0.1, 0.15) is 0 Å². The molecule has 7 aromatic rings. The Labute approximate surface area is 283 Å². The maximum Gasteiger partial charge on any atom is 0.252 e. The van der Waals surface area contributed by atoms with Crippen LogP contribution in [0.2, 0.25) is 0 Å². The zero-order chi connectivity index (χ0) is 31.5. The van der Waals surface area contributed by atoms with Crippen molar-refractivity contribution in [1.29, 1.82) is 0 Å². The quantitative estimate of drug-likeness (QED) is 0.193. The van der Waals surface area contributed by atoms with Crippen LogP contribution in [0, 0.1) is 0 Å². The highest BCUT2D eigenvalue weighted by molar-refractivity contribution is 7.05. The van der Waals surface area contributed by atoms with E-state index in [9.17, 15) is 0 Å². The van der Waals surface area contributed by atoms with E-state index < -0.39 is 0 Å². The summed E-state index contributed by atoms with van der Waals surface area (Å²) in [6, 6.07) is 50.3. The van der Waals surface area contributed by atoms with Crippen LogP contribution in [0.5, 0.6) is 23.0 Å². The first-order chi connectivity index (χ1) is 24.4. The normalized spacial score (nSPS) is 15.1. The summed E-state index contributed by atoms with van der Waals surface area (Å²) in [7, 11) is 0. The average molecular weight is 623 g/mol. The molecule has 0 radical (unpaired) electrons. The highest BCUT2D eigenvalue weighted by atomic mass is 16.5. The molecule has 0 saturated carbocycles. The van der Waals surface area contributed by atoms with Crippen LogP contribution < -0.4 is 57.0 Å². The molecule has 0 spiro atoms. The molecule has 0 N–H and O–H groups in total. The second-order valence-corrected chi connectivity index (χ2v) is 13.6. The monoisotopic (exact) mass is 623 g/mol. The second-order valence-electron chi connectivity index (χ2n) is 13.6. The van der Waals surface area contributed by atoms with E-state index in [2.05, 4.69) is 154 Å². The lowest BCUT2D eigenvalue weighted by Crippen LogP contribution is -2.69. The molecule has 0 atom stereocenters. The van der Waals surface area contributed by atoms with Gasteiger partial charge in [-0.3, -0.25) is 0 Å². The van der Waals surface area contributed by atoms with Gasteiger partial charge in [0.15, 0.2) is 23.0 Å². The lowest BCUT2D eigenvalue weighted by Gasteiger charge is -2.53. The fourth-order valence-electron chi connectivity index (χ4n) is 9.70. The van der Waals surface area contributed by atoms with E-state index in [0.717, 1.165) is 62.8 Å². The fraction of sp³-hybridized carbons (Fsp3) is 0. The zero-order valence-electron chi connectivity index (χ0n) is 26.1. The third-order valence-electron chi connectivity index (χ3n) is 11.4. The molecule has 0 amide bonds. The van der Waals surface area contributed by atoms with Gasteiger partial charge in [0.25, 0.3) is 13.4 Å². The number of hydrogen-bond acceptors (Lipinski definition) is 5. The summed E-state index contributed by atoms with van der Waals surface area (Å²) in [5.41, 5.74) is 17.9. The van der Waals surface area contributed by atoms with Crippen molar-refractivity contribution in [3.8, 4) is 23.0 Å². The number of nitrogens with zero attached hydrogens (tertiary/aromatic N) is 3. The van der Waals surface area contributed by atoms with Gasteiger partial charge in [-0.2, -0.15) is 0 Å². The molecule has 5 nitrogen and oxygen atoms in total. The van der Waals surface area contributed by atoms with Crippen LogP contribution >= 0.6 is 0 Å². The molecule has 7 heteroatoms. The van der Waals surface area contributed by atoms with E-state index >= 15 is 0 Å². The Balaban J connectivity index is 1.29. The van der Waals surface area contributed by atoms with E-state index in [4.69, 9.17) is 9.47 Å². The van der Waals surface area contributed by atoms with Crippen molar-refractivity contribution in [2.45, 2.75) is 0 Å². The molecule has 6 aliphatic rings. The number of hydrogen-bond donors (Lipinski definition) is 0. The molecule has 0 aliphatic carbocycles. The summed E-state index contributed by atoms with van der Waals surface area (Å²) in [5, 5.41) is 0. The van der Waals surface area contributed by atoms with E-state index in [1.54, 1.807) is 0 Å². The number of rotatable bonds is 1. The Morgan fingerprint density at radius 3 is 1.53 bits per heavy atom. The third-order valence-corrected chi connectivity index (χ3v) is 11.4. The number of anilines is 9. The molecular weight excluding hydrogens is 600 g/mol. The number of fused-ring (bicyclic) bond motifs is 10. The zero-order valence-corrected chi connectivity index (χ0v) is 26.1. The number of benzene rings is 7. The van der Waals surface area contributed by atoms with E-state index in [1.807, 2.05) is 0 Å². The molecule has 49 heavy (non-hydrogen) atoms. The predicted octanol–water partition coefficient (Wildman–Crippen LogP) is 6.59. The van der Waals surface area contributed by atoms with Gasteiger partial charge in [0.1, 0.15) is 0 Å². The van der Waals surface area contributed by atoms with Crippen LogP contribution in [-0.2, 0) is 0 Å². The van der Waals surface area contributed by atoms with Crippen molar-refractivity contribution in [1.82, 2.24) is 0 Å². The van der Waals surface area contributed by atoms with Gasteiger partial charge in [0, 0.05) is 22.7 Å². The summed E-state index contributed by atoms with van der Waals surface area (Å²) in [6.45, 7) is -0.0173. The molecule has 6 aliphatic heterocycles. The van der Waals surface area contributed by atoms with Gasteiger partial charge < -0.3 is 24.2 Å². The van der Waals surface area contributed by atoms with Gasteiger partial charge in [0.05, 0.1) is 28.4 Å². The van der Waals surface area contributed by atoms with Gasteiger partial charge in [-0.15, -0.1) is 0 Å². The molecule has 13 rings (SSSR count). The lowest BCUT2D eigenvalue weighted by molar-refractivity contribution is 0.477. The maximum atomic E-state index is 7.27. The Hall–Kier alpha value is -6.33. The standard InChI is InChI=1S/C42H23B2N3O2/c1-2-12-24(13-3-1)45-29-18-6-4-14-25(29)43-27-16-10-22-33-37(27)47-38-28(17-11-23-34(38)48-33)44-26-15-5-7-19-30(26)46-31-20-8-9-21-32(31)49-42-40(45)35(43)39(47)36(44)41(42)46/h1-23H. The first-order valence-corrected chi connectivity index (χ1v) is 16.9. The average Bonchev–Trinajstić information content (AvgIpc) is 3.16.